The number of aryl methyl sites for hydroxylation is 1. The number of fused-ring (bicyclic) bond motifs is 1. The van der Waals surface area contributed by atoms with E-state index < -0.39 is 0 Å². The van der Waals surface area contributed by atoms with Gasteiger partial charge in [0.25, 0.3) is 0 Å². The lowest BCUT2D eigenvalue weighted by Gasteiger charge is -2.16. The Morgan fingerprint density at radius 3 is 2.58 bits per heavy atom. The van der Waals surface area contributed by atoms with Crippen molar-refractivity contribution < 1.29 is 4.39 Å². The summed E-state index contributed by atoms with van der Waals surface area (Å²) < 4.78 is 12.9. The molecule has 0 fully saturated rings. The molecule has 0 amide bonds. The summed E-state index contributed by atoms with van der Waals surface area (Å²) in [6, 6.07) is 11.2. The van der Waals surface area contributed by atoms with Gasteiger partial charge in [0.05, 0.1) is 11.7 Å². The second kappa shape index (κ2) is 7.25. The van der Waals surface area contributed by atoms with E-state index in [4.69, 9.17) is 4.98 Å². The molecule has 124 valence electrons. The summed E-state index contributed by atoms with van der Waals surface area (Å²) in [6.45, 7) is 5.62. The molecule has 24 heavy (non-hydrogen) atoms. The van der Waals surface area contributed by atoms with Gasteiger partial charge in [-0.25, -0.2) is 9.37 Å². The van der Waals surface area contributed by atoms with Crippen LogP contribution in [0.1, 0.15) is 18.2 Å². The van der Waals surface area contributed by atoms with Gasteiger partial charge in [0, 0.05) is 29.9 Å². The quantitative estimate of drug-likeness (QED) is 0.668. The minimum absolute atomic E-state index is 0.329. The second-order valence-electron chi connectivity index (χ2n) is 5.64. The molecule has 0 bridgehead atoms. The Morgan fingerprint density at radius 2 is 1.83 bits per heavy atom. The van der Waals surface area contributed by atoms with E-state index in [1.807, 2.05) is 18.2 Å². The van der Waals surface area contributed by atoms with E-state index in [1.165, 1.54) is 17.8 Å². The van der Waals surface area contributed by atoms with Crippen LogP contribution in [-0.2, 0) is 6.42 Å². The standard InChI is InChI=1S/C19H21FN4/c1-3-15-13(2)24-17-7-5-4-6-16(17)19(15)22-11-10-21-18-9-8-14(20)12-23-18/h4-9,12H,3,10-11H2,1-2H3,(H,21,23)(H,22,24). The first-order valence-corrected chi connectivity index (χ1v) is 8.16. The zero-order valence-electron chi connectivity index (χ0n) is 13.9. The van der Waals surface area contributed by atoms with E-state index in [0.717, 1.165) is 35.2 Å². The molecule has 0 aliphatic rings. The molecular weight excluding hydrogens is 303 g/mol. The molecule has 3 rings (SSSR count). The molecule has 0 aliphatic heterocycles. The van der Waals surface area contributed by atoms with E-state index in [-0.39, 0.29) is 5.82 Å². The largest absolute Gasteiger partial charge is 0.382 e. The highest BCUT2D eigenvalue weighted by Crippen LogP contribution is 2.28. The summed E-state index contributed by atoms with van der Waals surface area (Å²) in [5, 5.41) is 7.85. The number of pyridine rings is 2. The number of aromatic nitrogens is 2. The number of anilines is 2. The average molecular weight is 324 g/mol. The van der Waals surface area contributed by atoms with E-state index in [1.54, 1.807) is 6.07 Å². The minimum atomic E-state index is -0.329. The highest BCUT2D eigenvalue weighted by Gasteiger charge is 2.10. The van der Waals surface area contributed by atoms with Crippen LogP contribution in [0.3, 0.4) is 0 Å². The maximum Gasteiger partial charge on any atom is 0.141 e. The molecule has 4 nitrogen and oxygen atoms in total. The Bertz CT molecular complexity index is 831. The van der Waals surface area contributed by atoms with Crippen molar-refractivity contribution in [1.82, 2.24) is 9.97 Å². The zero-order valence-corrected chi connectivity index (χ0v) is 13.9. The molecule has 0 saturated carbocycles. The van der Waals surface area contributed by atoms with Gasteiger partial charge in [-0.3, -0.25) is 4.98 Å². The monoisotopic (exact) mass is 324 g/mol. The third kappa shape index (κ3) is 3.45. The number of benzene rings is 1. The number of rotatable bonds is 6. The van der Waals surface area contributed by atoms with Crippen molar-refractivity contribution in [2.45, 2.75) is 20.3 Å². The SMILES string of the molecule is CCc1c(C)nc2ccccc2c1NCCNc1ccc(F)cn1. The Kier molecular flexibility index (Phi) is 4.89. The van der Waals surface area contributed by atoms with Gasteiger partial charge in [0.15, 0.2) is 0 Å². The molecule has 3 aromatic rings. The maximum atomic E-state index is 12.9. The molecule has 0 saturated heterocycles. The normalized spacial score (nSPS) is 10.8. The first kappa shape index (κ1) is 16.2. The molecule has 1 aromatic carbocycles. The predicted octanol–water partition coefficient (Wildman–Crippen LogP) is 4.16. The Labute approximate surface area is 141 Å². The smallest absolute Gasteiger partial charge is 0.141 e. The van der Waals surface area contributed by atoms with E-state index in [9.17, 15) is 4.39 Å². The number of hydrogen-bond acceptors (Lipinski definition) is 4. The molecule has 0 spiro atoms. The summed E-state index contributed by atoms with van der Waals surface area (Å²) >= 11 is 0. The van der Waals surface area contributed by atoms with Crippen molar-refractivity contribution in [3.8, 4) is 0 Å². The number of nitrogens with one attached hydrogen (secondary N) is 2. The van der Waals surface area contributed by atoms with Crippen LogP contribution >= 0.6 is 0 Å². The molecule has 0 unspecified atom stereocenters. The molecule has 2 heterocycles. The van der Waals surface area contributed by atoms with Crippen molar-refractivity contribution in [3.05, 3.63) is 59.7 Å². The second-order valence-corrected chi connectivity index (χ2v) is 5.64. The van der Waals surface area contributed by atoms with Crippen LogP contribution in [0.2, 0.25) is 0 Å². The highest BCUT2D eigenvalue weighted by atomic mass is 19.1. The summed E-state index contributed by atoms with van der Waals surface area (Å²) in [7, 11) is 0. The molecule has 2 aromatic heterocycles. The summed E-state index contributed by atoms with van der Waals surface area (Å²) in [5.74, 6) is 0.342. The Balaban J connectivity index is 1.73. The molecule has 2 N–H and O–H groups in total. The first-order valence-electron chi connectivity index (χ1n) is 8.16. The van der Waals surface area contributed by atoms with Crippen molar-refractivity contribution in [2.24, 2.45) is 0 Å². The van der Waals surface area contributed by atoms with E-state index in [0.29, 0.717) is 12.4 Å². The van der Waals surface area contributed by atoms with Crippen LogP contribution in [-0.4, -0.2) is 23.1 Å². The Hall–Kier alpha value is -2.69. The van der Waals surface area contributed by atoms with Crippen molar-refractivity contribution in [1.29, 1.82) is 0 Å². The van der Waals surface area contributed by atoms with Gasteiger partial charge in [-0.1, -0.05) is 25.1 Å². The summed E-state index contributed by atoms with van der Waals surface area (Å²) in [4.78, 5) is 8.69. The third-order valence-corrected chi connectivity index (χ3v) is 4.01. The van der Waals surface area contributed by atoms with Gasteiger partial charge in [-0.05, 0) is 37.1 Å². The van der Waals surface area contributed by atoms with Crippen LogP contribution in [0, 0.1) is 12.7 Å². The number of para-hydroxylation sites is 1. The summed E-state index contributed by atoms with van der Waals surface area (Å²) in [6.07, 6.45) is 2.14. The summed E-state index contributed by atoms with van der Waals surface area (Å²) in [5.41, 5.74) is 4.46. The van der Waals surface area contributed by atoms with Crippen molar-refractivity contribution in [3.63, 3.8) is 0 Å². The molecule has 0 radical (unpaired) electrons. The van der Waals surface area contributed by atoms with Gasteiger partial charge < -0.3 is 10.6 Å². The Morgan fingerprint density at radius 1 is 1.04 bits per heavy atom. The van der Waals surface area contributed by atoms with Gasteiger partial charge >= 0.3 is 0 Å². The zero-order chi connectivity index (χ0) is 16.9. The maximum absolute atomic E-state index is 12.9. The van der Waals surface area contributed by atoms with Crippen LogP contribution < -0.4 is 10.6 Å². The van der Waals surface area contributed by atoms with E-state index in [2.05, 4.69) is 35.5 Å². The van der Waals surface area contributed by atoms with Crippen LogP contribution in [0.4, 0.5) is 15.9 Å². The highest BCUT2D eigenvalue weighted by molar-refractivity contribution is 5.93. The number of hydrogen-bond donors (Lipinski definition) is 2. The van der Waals surface area contributed by atoms with Crippen LogP contribution in [0.5, 0.6) is 0 Å². The first-order chi connectivity index (χ1) is 11.7. The van der Waals surface area contributed by atoms with Gasteiger partial charge in [0.2, 0.25) is 0 Å². The topological polar surface area (TPSA) is 49.8 Å². The molecular formula is C19H21FN4. The van der Waals surface area contributed by atoms with Crippen LogP contribution in [0.25, 0.3) is 10.9 Å². The number of halogens is 1. The van der Waals surface area contributed by atoms with Gasteiger partial charge in [-0.2, -0.15) is 0 Å². The number of nitrogens with zero attached hydrogens (tertiary/aromatic N) is 2. The van der Waals surface area contributed by atoms with Gasteiger partial charge in [0.1, 0.15) is 11.6 Å². The molecule has 0 atom stereocenters. The van der Waals surface area contributed by atoms with Crippen molar-refractivity contribution in [2.75, 3.05) is 23.7 Å². The molecule has 0 aliphatic carbocycles. The fraction of sp³-hybridized carbons (Fsp3) is 0.263. The van der Waals surface area contributed by atoms with E-state index >= 15 is 0 Å². The fourth-order valence-corrected chi connectivity index (χ4v) is 2.87. The van der Waals surface area contributed by atoms with Crippen LogP contribution in [0.15, 0.2) is 42.6 Å². The third-order valence-electron chi connectivity index (χ3n) is 4.01. The minimum Gasteiger partial charge on any atom is -0.382 e. The lowest BCUT2D eigenvalue weighted by Crippen LogP contribution is -2.16. The van der Waals surface area contributed by atoms with Crippen molar-refractivity contribution >= 4 is 22.4 Å². The lowest BCUT2D eigenvalue weighted by molar-refractivity contribution is 0.621. The average Bonchev–Trinajstić information content (AvgIpc) is 2.60. The predicted molar refractivity (Wildman–Crippen MR) is 97.0 cm³/mol. The molecule has 5 heteroatoms. The lowest BCUT2D eigenvalue weighted by atomic mass is 10.0. The fourth-order valence-electron chi connectivity index (χ4n) is 2.87. The van der Waals surface area contributed by atoms with Gasteiger partial charge in [-0.15, -0.1) is 0 Å².